The van der Waals surface area contributed by atoms with Crippen molar-refractivity contribution in [3.63, 3.8) is 0 Å². The van der Waals surface area contributed by atoms with Crippen LogP contribution >= 0.6 is 0 Å². The number of methoxy groups -OCH3 is 1. The first kappa shape index (κ1) is 12.0. The van der Waals surface area contributed by atoms with Gasteiger partial charge in [-0.25, -0.2) is 4.79 Å². The molecule has 6 heteroatoms. The van der Waals surface area contributed by atoms with E-state index in [4.69, 9.17) is 0 Å². The van der Waals surface area contributed by atoms with E-state index < -0.39 is 11.0 Å². The van der Waals surface area contributed by atoms with E-state index in [0.717, 1.165) is 5.56 Å². The Balaban J connectivity index is 2.43. The van der Waals surface area contributed by atoms with Crippen LogP contribution in [0.25, 0.3) is 0 Å². The molecule has 16 heavy (non-hydrogen) atoms. The molecule has 0 aliphatic rings. The number of carbonyl (C=O) groups excluding carboxylic acids is 1. The largest absolute Gasteiger partial charge is 0.453 e. The lowest BCUT2D eigenvalue weighted by molar-refractivity contribution is -0.384. The number of amides is 1. The number of hydrogen-bond acceptors (Lipinski definition) is 4. The maximum absolute atomic E-state index is 10.7. The topological polar surface area (TPSA) is 81.5 Å². The SMILES string of the molecule is COC(=O)NCCc1ccc([N+](=O)[O-])cc1. The molecule has 1 aromatic rings. The molecule has 0 aromatic heterocycles. The van der Waals surface area contributed by atoms with Gasteiger partial charge in [-0.2, -0.15) is 0 Å². The van der Waals surface area contributed by atoms with Crippen LogP contribution in [0.4, 0.5) is 10.5 Å². The lowest BCUT2D eigenvalue weighted by Gasteiger charge is -2.03. The molecule has 86 valence electrons. The summed E-state index contributed by atoms with van der Waals surface area (Å²) in [5, 5.41) is 12.9. The number of rotatable bonds is 4. The summed E-state index contributed by atoms with van der Waals surface area (Å²) in [6.45, 7) is 0.435. The van der Waals surface area contributed by atoms with Crippen LogP contribution in [-0.2, 0) is 11.2 Å². The summed E-state index contributed by atoms with van der Waals surface area (Å²) in [4.78, 5) is 20.7. The highest BCUT2D eigenvalue weighted by molar-refractivity contribution is 5.66. The van der Waals surface area contributed by atoms with E-state index in [0.29, 0.717) is 13.0 Å². The molecule has 0 unspecified atom stereocenters. The second-order valence-corrected chi connectivity index (χ2v) is 3.09. The Kier molecular flexibility index (Phi) is 4.26. The van der Waals surface area contributed by atoms with Gasteiger partial charge in [-0.05, 0) is 12.0 Å². The second-order valence-electron chi connectivity index (χ2n) is 3.09. The highest BCUT2D eigenvalue weighted by Crippen LogP contribution is 2.11. The molecule has 1 aromatic carbocycles. The summed E-state index contributed by atoms with van der Waals surface area (Å²) in [5.41, 5.74) is 0.978. The van der Waals surface area contributed by atoms with Crippen molar-refractivity contribution in [2.24, 2.45) is 0 Å². The molecule has 0 aliphatic carbocycles. The molecule has 1 rings (SSSR count). The molecule has 0 saturated heterocycles. The fourth-order valence-electron chi connectivity index (χ4n) is 1.17. The van der Waals surface area contributed by atoms with E-state index in [1.807, 2.05) is 0 Å². The molecule has 0 heterocycles. The Labute approximate surface area is 92.4 Å². The van der Waals surface area contributed by atoms with Gasteiger partial charge in [0.1, 0.15) is 0 Å². The molecule has 0 radical (unpaired) electrons. The van der Waals surface area contributed by atoms with Crippen LogP contribution in [0.3, 0.4) is 0 Å². The first-order valence-electron chi connectivity index (χ1n) is 4.68. The lowest BCUT2D eigenvalue weighted by atomic mass is 10.1. The van der Waals surface area contributed by atoms with Crippen molar-refractivity contribution in [3.8, 4) is 0 Å². The summed E-state index contributed by atoms with van der Waals surface area (Å²) in [6, 6.07) is 6.20. The van der Waals surface area contributed by atoms with Crippen molar-refractivity contribution in [3.05, 3.63) is 39.9 Å². The third kappa shape index (κ3) is 3.56. The van der Waals surface area contributed by atoms with Crippen LogP contribution in [0.1, 0.15) is 5.56 Å². The number of nitro benzene ring substituents is 1. The predicted octanol–water partition coefficient (Wildman–Crippen LogP) is 1.49. The Morgan fingerprint density at radius 3 is 2.56 bits per heavy atom. The molecule has 0 bridgehead atoms. The molecule has 0 aliphatic heterocycles. The van der Waals surface area contributed by atoms with Gasteiger partial charge >= 0.3 is 6.09 Å². The zero-order valence-electron chi connectivity index (χ0n) is 8.80. The van der Waals surface area contributed by atoms with E-state index in [1.165, 1.54) is 19.2 Å². The minimum absolute atomic E-state index is 0.0599. The quantitative estimate of drug-likeness (QED) is 0.620. The fraction of sp³-hybridized carbons (Fsp3) is 0.300. The Morgan fingerprint density at radius 1 is 1.44 bits per heavy atom. The van der Waals surface area contributed by atoms with Crippen LogP contribution in [0.5, 0.6) is 0 Å². The molecule has 0 atom stereocenters. The first-order chi connectivity index (χ1) is 7.63. The first-order valence-corrected chi connectivity index (χ1v) is 4.68. The van der Waals surface area contributed by atoms with Gasteiger partial charge < -0.3 is 10.1 Å². The van der Waals surface area contributed by atoms with Crippen LogP contribution in [-0.4, -0.2) is 24.7 Å². The molecular formula is C10H12N2O4. The monoisotopic (exact) mass is 224 g/mol. The minimum Gasteiger partial charge on any atom is -0.453 e. The standard InChI is InChI=1S/C10H12N2O4/c1-16-10(13)11-7-6-8-2-4-9(5-3-8)12(14)15/h2-5H,6-7H2,1H3,(H,11,13). The van der Waals surface area contributed by atoms with Gasteiger partial charge in [0, 0.05) is 18.7 Å². The van der Waals surface area contributed by atoms with Gasteiger partial charge in [0.2, 0.25) is 0 Å². The van der Waals surface area contributed by atoms with Crippen molar-refractivity contribution < 1.29 is 14.5 Å². The number of hydrogen-bond donors (Lipinski definition) is 1. The summed E-state index contributed by atoms with van der Waals surface area (Å²) >= 11 is 0. The lowest BCUT2D eigenvalue weighted by Crippen LogP contribution is -2.25. The van der Waals surface area contributed by atoms with E-state index >= 15 is 0 Å². The van der Waals surface area contributed by atoms with Crippen molar-refractivity contribution in [2.75, 3.05) is 13.7 Å². The van der Waals surface area contributed by atoms with Gasteiger partial charge in [0.05, 0.1) is 12.0 Å². The third-order valence-electron chi connectivity index (χ3n) is 2.02. The van der Waals surface area contributed by atoms with E-state index in [9.17, 15) is 14.9 Å². The summed E-state index contributed by atoms with van der Waals surface area (Å²) in [5.74, 6) is 0. The smallest absolute Gasteiger partial charge is 0.406 e. The summed E-state index contributed by atoms with van der Waals surface area (Å²) < 4.78 is 4.40. The number of nitrogens with zero attached hydrogens (tertiary/aromatic N) is 1. The van der Waals surface area contributed by atoms with Crippen molar-refractivity contribution >= 4 is 11.8 Å². The summed E-state index contributed by atoms with van der Waals surface area (Å²) in [7, 11) is 1.29. The van der Waals surface area contributed by atoms with E-state index in [-0.39, 0.29) is 5.69 Å². The van der Waals surface area contributed by atoms with Crippen molar-refractivity contribution in [1.29, 1.82) is 0 Å². The van der Waals surface area contributed by atoms with Gasteiger partial charge in [-0.15, -0.1) is 0 Å². The zero-order chi connectivity index (χ0) is 12.0. The second kappa shape index (κ2) is 5.69. The predicted molar refractivity (Wildman–Crippen MR) is 57.2 cm³/mol. The Hall–Kier alpha value is -2.11. The van der Waals surface area contributed by atoms with Crippen LogP contribution < -0.4 is 5.32 Å². The van der Waals surface area contributed by atoms with Gasteiger partial charge in [-0.3, -0.25) is 10.1 Å². The molecular weight excluding hydrogens is 212 g/mol. The van der Waals surface area contributed by atoms with Crippen molar-refractivity contribution in [2.45, 2.75) is 6.42 Å². The maximum Gasteiger partial charge on any atom is 0.406 e. The number of non-ortho nitro benzene ring substituents is 1. The van der Waals surface area contributed by atoms with Gasteiger partial charge in [-0.1, -0.05) is 12.1 Å². The van der Waals surface area contributed by atoms with E-state index in [2.05, 4.69) is 10.1 Å². The molecule has 1 N–H and O–H groups in total. The minimum atomic E-state index is -0.484. The zero-order valence-corrected chi connectivity index (χ0v) is 8.80. The van der Waals surface area contributed by atoms with E-state index in [1.54, 1.807) is 12.1 Å². The highest BCUT2D eigenvalue weighted by Gasteiger charge is 2.04. The van der Waals surface area contributed by atoms with Gasteiger partial charge in [0.15, 0.2) is 0 Å². The average molecular weight is 224 g/mol. The molecule has 0 saturated carbocycles. The average Bonchev–Trinajstić information content (AvgIpc) is 2.29. The number of nitrogens with one attached hydrogen (secondary N) is 1. The number of benzene rings is 1. The number of nitro groups is 1. The molecule has 6 nitrogen and oxygen atoms in total. The van der Waals surface area contributed by atoms with Crippen LogP contribution in [0, 0.1) is 10.1 Å². The normalized spacial score (nSPS) is 9.56. The van der Waals surface area contributed by atoms with Crippen molar-refractivity contribution in [1.82, 2.24) is 5.32 Å². The molecule has 1 amide bonds. The van der Waals surface area contributed by atoms with Gasteiger partial charge in [0.25, 0.3) is 5.69 Å². The third-order valence-corrected chi connectivity index (χ3v) is 2.02. The Morgan fingerprint density at radius 2 is 2.06 bits per heavy atom. The number of alkyl carbamates (subject to hydrolysis) is 1. The fourth-order valence-corrected chi connectivity index (χ4v) is 1.17. The number of ether oxygens (including phenoxy) is 1. The molecule has 0 fully saturated rings. The molecule has 0 spiro atoms. The van der Waals surface area contributed by atoms with Crippen LogP contribution in [0.15, 0.2) is 24.3 Å². The number of carbonyl (C=O) groups is 1. The van der Waals surface area contributed by atoms with Crippen LogP contribution in [0.2, 0.25) is 0 Å². The Bertz CT molecular complexity index is 375. The summed E-state index contributed by atoms with van der Waals surface area (Å²) in [6.07, 6.45) is 0.120. The highest BCUT2D eigenvalue weighted by atomic mass is 16.6. The maximum atomic E-state index is 10.7.